The van der Waals surface area contributed by atoms with Crippen LogP contribution < -0.4 is 10.6 Å². The van der Waals surface area contributed by atoms with Gasteiger partial charge in [-0.1, -0.05) is 48.5 Å². The number of aliphatic hydroxyl groups excluding tert-OH is 1. The summed E-state index contributed by atoms with van der Waals surface area (Å²) in [4.78, 5) is 41.0. The number of carbonyl (C=O) groups is 3. The molecule has 8 heteroatoms. The Morgan fingerprint density at radius 1 is 1.06 bits per heavy atom. The van der Waals surface area contributed by atoms with E-state index in [0.29, 0.717) is 11.3 Å². The van der Waals surface area contributed by atoms with Gasteiger partial charge in [0.15, 0.2) is 0 Å². The first-order valence-electron chi connectivity index (χ1n) is 11.4. The summed E-state index contributed by atoms with van der Waals surface area (Å²) >= 11 is 0. The molecule has 2 aromatic carbocycles. The summed E-state index contributed by atoms with van der Waals surface area (Å²) in [6.07, 6.45) is 0.658. The summed E-state index contributed by atoms with van der Waals surface area (Å²) in [5.74, 6) is -0.903. The number of rotatable bonds is 8. The monoisotopic (exact) mass is 467 g/mol. The minimum atomic E-state index is -1.24. The Bertz CT molecular complexity index is 1010. The van der Waals surface area contributed by atoms with Crippen LogP contribution in [0.3, 0.4) is 0 Å². The Morgan fingerprint density at radius 2 is 1.68 bits per heavy atom. The molecule has 3 rings (SSSR count). The van der Waals surface area contributed by atoms with Crippen molar-refractivity contribution < 1.29 is 24.2 Å². The van der Waals surface area contributed by atoms with Crippen LogP contribution in [0.1, 0.15) is 50.8 Å². The van der Waals surface area contributed by atoms with E-state index >= 15 is 0 Å². The van der Waals surface area contributed by atoms with E-state index in [0.717, 1.165) is 18.4 Å². The summed E-state index contributed by atoms with van der Waals surface area (Å²) in [6.45, 7) is 6.40. The molecule has 34 heavy (non-hydrogen) atoms. The molecule has 2 aromatic rings. The molecule has 1 aliphatic carbocycles. The molecular formula is C26H33N3O5. The summed E-state index contributed by atoms with van der Waals surface area (Å²) in [5.41, 5.74) is 1.43. The third-order valence-corrected chi connectivity index (χ3v) is 5.41. The lowest BCUT2D eigenvalue weighted by molar-refractivity contribution is -0.142. The van der Waals surface area contributed by atoms with E-state index in [1.54, 1.807) is 51.1 Å². The molecular weight excluding hydrogens is 434 g/mol. The molecule has 0 spiro atoms. The number of amides is 3. The maximum Gasteiger partial charge on any atom is 0.408 e. The molecule has 1 fully saturated rings. The Labute approximate surface area is 200 Å². The van der Waals surface area contributed by atoms with Crippen molar-refractivity contribution in [3.05, 3.63) is 65.7 Å². The molecule has 0 aromatic heterocycles. The zero-order valence-corrected chi connectivity index (χ0v) is 20.1. The molecule has 8 nitrogen and oxygen atoms in total. The van der Waals surface area contributed by atoms with Gasteiger partial charge in [0.05, 0.1) is 6.61 Å². The fourth-order valence-corrected chi connectivity index (χ4v) is 3.67. The van der Waals surface area contributed by atoms with Gasteiger partial charge in [-0.3, -0.25) is 9.59 Å². The van der Waals surface area contributed by atoms with Gasteiger partial charge in [-0.25, -0.2) is 4.79 Å². The molecule has 1 saturated carbocycles. The van der Waals surface area contributed by atoms with E-state index in [-0.39, 0.29) is 11.9 Å². The smallest absolute Gasteiger partial charge is 0.408 e. The van der Waals surface area contributed by atoms with Crippen LogP contribution in [0.2, 0.25) is 0 Å². The largest absolute Gasteiger partial charge is 0.444 e. The van der Waals surface area contributed by atoms with E-state index in [2.05, 4.69) is 10.6 Å². The number of anilines is 1. The van der Waals surface area contributed by atoms with Gasteiger partial charge in [-0.15, -0.1) is 0 Å². The maximum absolute atomic E-state index is 13.6. The van der Waals surface area contributed by atoms with Gasteiger partial charge in [-0.2, -0.15) is 0 Å². The van der Waals surface area contributed by atoms with Crippen LogP contribution in [0.5, 0.6) is 0 Å². The standard InChI is InChI=1S/C26H33N3O5/c1-17-10-8-9-13-20(17)27-23(31)22(18-11-6-5-7-12-18)29(19-14-15-19)24(32)21(16-30)28-25(33)34-26(2,3)4/h5-13,19,21-22,30H,14-16H2,1-4H3,(H,27,31)(H,28,33). The van der Waals surface area contributed by atoms with Gasteiger partial charge in [0.1, 0.15) is 17.7 Å². The molecule has 2 atom stereocenters. The first-order chi connectivity index (χ1) is 16.1. The predicted molar refractivity (Wildman–Crippen MR) is 129 cm³/mol. The highest BCUT2D eigenvalue weighted by molar-refractivity contribution is 5.99. The molecule has 3 amide bonds. The van der Waals surface area contributed by atoms with Crippen molar-refractivity contribution >= 4 is 23.6 Å². The summed E-state index contributed by atoms with van der Waals surface area (Å²) in [6, 6.07) is 14.1. The Kier molecular flexibility index (Phi) is 7.94. The minimum Gasteiger partial charge on any atom is -0.444 e. The van der Waals surface area contributed by atoms with Crippen LogP contribution in [-0.2, 0) is 14.3 Å². The van der Waals surface area contributed by atoms with Crippen LogP contribution in [0.4, 0.5) is 10.5 Å². The first-order valence-corrected chi connectivity index (χ1v) is 11.4. The van der Waals surface area contributed by atoms with Crippen molar-refractivity contribution in [3.8, 4) is 0 Å². The third-order valence-electron chi connectivity index (χ3n) is 5.41. The predicted octanol–water partition coefficient (Wildman–Crippen LogP) is 3.55. The molecule has 182 valence electrons. The zero-order chi connectivity index (χ0) is 24.9. The highest BCUT2D eigenvalue weighted by atomic mass is 16.6. The average Bonchev–Trinajstić information content (AvgIpc) is 3.61. The maximum atomic E-state index is 13.6. The van der Waals surface area contributed by atoms with Crippen molar-refractivity contribution in [2.45, 2.75) is 64.3 Å². The molecule has 0 bridgehead atoms. The van der Waals surface area contributed by atoms with Crippen LogP contribution in [0.15, 0.2) is 54.6 Å². The number of hydrogen-bond donors (Lipinski definition) is 3. The lowest BCUT2D eigenvalue weighted by atomic mass is 10.0. The summed E-state index contributed by atoms with van der Waals surface area (Å²) in [7, 11) is 0. The van der Waals surface area contributed by atoms with E-state index in [1.165, 1.54) is 4.90 Å². The van der Waals surface area contributed by atoms with Crippen LogP contribution in [0.25, 0.3) is 0 Å². The molecule has 3 N–H and O–H groups in total. The zero-order valence-electron chi connectivity index (χ0n) is 20.1. The van der Waals surface area contributed by atoms with Gasteiger partial charge in [0, 0.05) is 11.7 Å². The van der Waals surface area contributed by atoms with Gasteiger partial charge in [0.2, 0.25) is 5.91 Å². The van der Waals surface area contributed by atoms with Gasteiger partial charge in [-0.05, 0) is 57.7 Å². The van der Waals surface area contributed by atoms with Crippen LogP contribution in [-0.4, -0.2) is 52.2 Å². The normalized spacial score (nSPS) is 15.1. The number of benzene rings is 2. The number of aliphatic hydroxyl groups is 1. The SMILES string of the molecule is Cc1ccccc1NC(=O)C(c1ccccc1)N(C(=O)C(CO)NC(=O)OC(C)(C)C)C1CC1. The second-order valence-electron chi connectivity index (χ2n) is 9.48. The van der Waals surface area contributed by atoms with Crippen molar-refractivity contribution in [1.29, 1.82) is 0 Å². The lowest BCUT2D eigenvalue weighted by Crippen LogP contribution is -2.54. The number of nitrogens with one attached hydrogen (secondary N) is 2. The van der Waals surface area contributed by atoms with E-state index in [1.807, 2.05) is 31.2 Å². The van der Waals surface area contributed by atoms with Crippen molar-refractivity contribution in [2.24, 2.45) is 0 Å². The number of hydrogen-bond acceptors (Lipinski definition) is 5. The third kappa shape index (κ3) is 6.57. The molecule has 0 saturated heterocycles. The number of ether oxygens (including phenoxy) is 1. The highest BCUT2D eigenvalue weighted by Gasteiger charge is 2.44. The van der Waals surface area contributed by atoms with Gasteiger partial charge in [0.25, 0.3) is 5.91 Å². The van der Waals surface area contributed by atoms with E-state index in [4.69, 9.17) is 4.74 Å². The Hall–Kier alpha value is -3.39. The first kappa shape index (κ1) is 25.2. The quantitative estimate of drug-likeness (QED) is 0.550. The fourth-order valence-electron chi connectivity index (χ4n) is 3.67. The lowest BCUT2D eigenvalue weighted by Gasteiger charge is -2.34. The minimum absolute atomic E-state index is 0.171. The number of para-hydroxylation sites is 1. The highest BCUT2D eigenvalue weighted by Crippen LogP contribution is 2.36. The Morgan fingerprint density at radius 3 is 2.24 bits per heavy atom. The molecule has 2 unspecified atom stereocenters. The molecule has 0 aliphatic heterocycles. The van der Waals surface area contributed by atoms with Crippen LogP contribution in [0, 0.1) is 6.92 Å². The number of aryl methyl sites for hydroxylation is 1. The topological polar surface area (TPSA) is 108 Å². The van der Waals surface area contributed by atoms with Gasteiger partial charge < -0.3 is 25.4 Å². The summed E-state index contributed by atoms with van der Waals surface area (Å²) in [5, 5.41) is 15.3. The molecule has 0 radical (unpaired) electrons. The number of nitrogens with zero attached hydrogens (tertiary/aromatic N) is 1. The van der Waals surface area contributed by atoms with Crippen molar-refractivity contribution in [2.75, 3.05) is 11.9 Å². The van der Waals surface area contributed by atoms with E-state index in [9.17, 15) is 19.5 Å². The van der Waals surface area contributed by atoms with Crippen molar-refractivity contribution in [1.82, 2.24) is 10.2 Å². The molecule has 0 heterocycles. The molecule has 1 aliphatic rings. The number of carbonyl (C=O) groups excluding carboxylic acids is 3. The number of alkyl carbamates (subject to hydrolysis) is 1. The average molecular weight is 468 g/mol. The van der Waals surface area contributed by atoms with Gasteiger partial charge >= 0.3 is 6.09 Å². The fraction of sp³-hybridized carbons (Fsp3) is 0.423. The van der Waals surface area contributed by atoms with Crippen molar-refractivity contribution in [3.63, 3.8) is 0 Å². The Balaban J connectivity index is 1.91. The summed E-state index contributed by atoms with van der Waals surface area (Å²) < 4.78 is 5.25. The van der Waals surface area contributed by atoms with Crippen LogP contribution >= 0.6 is 0 Å². The second kappa shape index (κ2) is 10.7. The van der Waals surface area contributed by atoms with E-state index < -0.39 is 36.3 Å². The second-order valence-corrected chi connectivity index (χ2v) is 9.48.